The molecule has 0 saturated carbocycles. The number of carbonyl (C=O) groups excluding carboxylic acids is 1. The largest absolute Gasteiger partial charge is 0.352 e. The van der Waals surface area contributed by atoms with E-state index in [-0.39, 0.29) is 23.1 Å². The van der Waals surface area contributed by atoms with Gasteiger partial charge >= 0.3 is 6.03 Å². The fraction of sp³-hybridized carbons (Fsp3) is 0.250. The summed E-state index contributed by atoms with van der Waals surface area (Å²) in [6.45, 7) is 0.137. The van der Waals surface area contributed by atoms with E-state index in [9.17, 15) is 13.2 Å². The first-order valence-corrected chi connectivity index (χ1v) is 6.42. The first-order chi connectivity index (χ1) is 7.92. The Morgan fingerprint density at radius 2 is 2.18 bits per heavy atom. The highest BCUT2D eigenvalue weighted by atomic mass is 35.5. The Bertz CT molecular complexity index is 505. The lowest BCUT2D eigenvalue weighted by molar-refractivity contribution is 0.249. The molecule has 0 atom stereocenters. The lowest BCUT2D eigenvalue weighted by Gasteiger charge is -2.06. The van der Waals surface area contributed by atoms with Gasteiger partial charge in [-0.05, 0) is 12.1 Å². The predicted molar refractivity (Wildman–Crippen MR) is 62.0 cm³/mol. The summed E-state index contributed by atoms with van der Waals surface area (Å²) in [5.74, 6) is 0. The molecule has 0 saturated heterocycles. The third kappa shape index (κ3) is 4.55. The highest BCUT2D eigenvalue weighted by molar-refractivity contribution is 7.89. The van der Waals surface area contributed by atoms with E-state index in [1.165, 1.54) is 18.3 Å². The van der Waals surface area contributed by atoms with Crippen molar-refractivity contribution < 1.29 is 13.2 Å². The molecule has 0 radical (unpaired) electrons. The second kappa shape index (κ2) is 5.80. The zero-order valence-corrected chi connectivity index (χ0v) is 10.3. The number of hydrogen-bond donors (Lipinski definition) is 3. The number of sulfonamides is 1. The fourth-order valence-corrected chi connectivity index (χ4v) is 2.29. The van der Waals surface area contributed by atoms with E-state index in [1.54, 1.807) is 0 Å². The molecule has 94 valence electrons. The maximum atomic E-state index is 11.7. The molecule has 1 aromatic heterocycles. The quantitative estimate of drug-likeness (QED) is 0.506. The zero-order chi connectivity index (χ0) is 12.9. The molecular weight excluding hydrogens is 268 g/mol. The maximum Gasteiger partial charge on any atom is 0.312 e. The van der Waals surface area contributed by atoms with Gasteiger partial charge in [-0.3, -0.25) is 0 Å². The van der Waals surface area contributed by atoms with Gasteiger partial charge in [0.2, 0.25) is 10.0 Å². The van der Waals surface area contributed by atoms with Crippen molar-refractivity contribution in [2.45, 2.75) is 4.90 Å². The van der Waals surface area contributed by atoms with Crippen LogP contribution < -0.4 is 15.8 Å². The number of urea groups is 1. The average molecular weight is 279 g/mol. The number of aromatic nitrogens is 1. The second-order valence-corrected chi connectivity index (χ2v) is 5.16. The Morgan fingerprint density at radius 3 is 2.76 bits per heavy atom. The van der Waals surface area contributed by atoms with Gasteiger partial charge in [0.05, 0.1) is 4.90 Å². The zero-order valence-electron chi connectivity index (χ0n) is 8.68. The van der Waals surface area contributed by atoms with Gasteiger partial charge in [-0.15, -0.1) is 0 Å². The summed E-state index contributed by atoms with van der Waals surface area (Å²) >= 11 is 5.58. The molecule has 9 heteroatoms. The highest BCUT2D eigenvalue weighted by Gasteiger charge is 2.13. The van der Waals surface area contributed by atoms with Crippen molar-refractivity contribution in [1.29, 1.82) is 0 Å². The number of nitrogens with zero attached hydrogens (tertiary/aromatic N) is 1. The number of nitrogens with one attached hydrogen (secondary N) is 2. The Hall–Kier alpha value is -1.38. The van der Waals surface area contributed by atoms with Crippen LogP contribution in [0.4, 0.5) is 4.79 Å². The molecule has 0 aliphatic heterocycles. The van der Waals surface area contributed by atoms with Crippen molar-refractivity contribution in [1.82, 2.24) is 15.0 Å². The topological polar surface area (TPSA) is 114 Å². The second-order valence-electron chi connectivity index (χ2n) is 3.00. The van der Waals surface area contributed by atoms with Crippen molar-refractivity contribution in [3.8, 4) is 0 Å². The summed E-state index contributed by atoms with van der Waals surface area (Å²) in [6.07, 6.45) is 1.29. The number of primary amides is 1. The van der Waals surface area contributed by atoms with Crippen LogP contribution in [0.2, 0.25) is 5.15 Å². The minimum absolute atomic E-state index is 0.0107. The van der Waals surface area contributed by atoms with Gasteiger partial charge in [0.15, 0.2) is 0 Å². The van der Waals surface area contributed by atoms with Crippen LogP contribution >= 0.6 is 11.6 Å². The lowest BCUT2D eigenvalue weighted by Crippen LogP contribution is -2.37. The van der Waals surface area contributed by atoms with E-state index in [2.05, 4.69) is 15.0 Å². The van der Waals surface area contributed by atoms with Gasteiger partial charge in [-0.1, -0.05) is 11.6 Å². The number of amides is 2. The van der Waals surface area contributed by atoms with Crippen molar-refractivity contribution in [2.75, 3.05) is 13.1 Å². The van der Waals surface area contributed by atoms with Crippen molar-refractivity contribution >= 4 is 27.7 Å². The van der Waals surface area contributed by atoms with E-state index in [1.807, 2.05) is 0 Å². The van der Waals surface area contributed by atoms with Crippen LogP contribution in [0.25, 0.3) is 0 Å². The summed E-state index contributed by atoms with van der Waals surface area (Å²) in [4.78, 5) is 14.0. The molecule has 4 N–H and O–H groups in total. The number of hydrogen-bond acceptors (Lipinski definition) is 4. The number of halogens is 1. The lowest BCUT2D eigenvalue weighted by atomic mass is 10.5. The number of rotatable bonds is 5. The molecule has 0 bridgehead atoms. The molecular formula is C8H11ClN4O3S. The van der Waals surface area contributed by atoms with Crippen molar-refractivity contribution in [3.63, 3.8) is 0 Å². The van der Waals surface area contributed by atoms with Crippen LogP contribution in [-0.4, -0.2) is 32.5 Å². The van der Waals surface area contributed by atoms with Crippen LogP contribution in [-0.2, 0) is 10.0 Å². The minimum atomic E-state index is -3.65. The summed E-state index contributed by atoms with van der Waals surface area (Å²) in [6, 6.07) is 1.83. The minimum Gasteiger partial charge on any atom is -0.352 e. The third-order valence-electron chi connectivity index (χ3n) is 1.72. The Balaban J connectivity index is 2.60. The summed E-state index contributed by atoms with van der Waals surface area (Å²) in [5, 5.41) is 2.34. The molecule has 1 heterocycles. The van der Waals surface area contributed by atoms with E-state index < -0.39 is 16.1 Å². The van der Waals surface area contributed by atoms with Crippen molar-refractivity contribution in [2.24, 2.45) is 5.73 Å². The van der Waals surface area contributed by atoms with Crippen LogP contribution in [0.15, 0.2) is 23.2 Å². The Morgan fingerprint density at radius 1 is 1.47 bits per heavy atom. The van der Waals surface area contributed by atoms with Crippen LogP contribution in [0, 0.1) is 0 Å². The summed E-state index contributed by atoms with van der Waals surface area (Å²) < 4.78 is 25.6. The average Bonchev–Trinajstić information content (AvgIpc) is 2.24. The van der Waals surface area contributed by atoms with E-state index in [0.717, 1.165) is 0 Å². The first kappa shape index (κ1) is 13.7. The van der Waals surface area contributed by atoms with Crippen molar-refractivity contribution in [3.05, 3.63) is 23.5 Å². The SMILES string of the molecule is NC(=O)NCCNS(=O)(=O)c1ccnc(Cl)c1. The van der Waals surface area contributed by atoms with Gasteiger partial charge in [-0.2, -0.15) is 0 Å². The summed E-state index contributed by atoms with van der Waals surface area (Å²) in [7, 11) is -3.65. The number of pyridine rings is 1. The molecule has 0 spiro atoms. The molecule has 7 nitrogen and oxygen atoms in total. The van der Waals surface area contributed by atoms with Gasteiger partial charge in [0.25, 0.3) is 0 Å². The van der Waals surface area contributed by atoms with Gasteiger partial charge in [0.1, 0.15) is 5.15 Å². The molecule has 1 rings (SSSR count). The van der Waals surface area contributed by atoms with Gasteiger partial charge < -0.3 is 11.1 Å². The number of carbonyl (C=O) groups is 1. The van der Waals surface area contributed by atoms with E-state index in [4.69, 9.17) is 17.3 Å². The van der Waals surface area contributed by atoms with Crippen LogP contribution in [0.1, 0.15) is 0 Å². The standard InChI is InChI=1S/C8H11ClN4O3S/c9-7-5-6(1-2-11-7)17(15,16)13-4-3-12-8(10)14/h1-2,5,13H,3-4H2,(H3,10,12,14). The molecule has 0 fully saturated rings. The molecule has 0 aliphatic carbocycles. The van der Waals surface area contributed by atoms with Gasteiger partial charge in [-0.25, -0.2) is 22.9 Å². The molecule has 1 aromatic rings. The molecule has 0 aromatic carbocycles. The maximum absolute atomic E-state index is 11.7. The third-order valence-corrected chi connectivity index (χ3v) is 3.39. The molecule has 0 unspecified atom stereocenters. The number of nitrogens with two attached hydrogens (primary N) is 1. The molecule has 0 aliphatic rings. The smallest absolute Gasteiger partial charge is 0.312 e. The molecule has 2 amide bonds. The predicted octanol–water partition coefficient (Wildman–Crippen LogP) is -0.318. The summed E-state index contributed by atoms with van der Waals surface area (Å²) in [5.41, 5.74) is 4.82. The van der Waals surface area contributed by atoms with Crippen LogP contribution in [0.3, 0.4) is 0 Å². The normalized spacial score (nSPS) is 11.1. The highest BCUT2D eigenvalue weighted by Crippen LogP contribution is 2.11. The van der Waals surface area contributed by atoms with Crippen LogP contribution in [0.5, 0.6) is 0 Å². The van der Waals surface area contributed by atoms with E-state index in [0.29, 0.717) is 0 Å². The van der Waals surface area contributed by atoms with Gasteiger partial charge in [0, 0.05) is 19.3 Å². The van der Waals surface area contributed by atoms with E-state index >= 15 is 0 Å². The fourth-order valence-electron chi connectivity index (χ4n) is 1.01. The Labute approximate surface area is 103 Å². The Kier molecular flexibility index (Phi) is 4.67. The molecule has 17 heavy (non-hydrogen) atoms. The monoisotopic (exact) mass is 278 g/mol. The first-order valence-electron chi connectivity index (χ1n) is 4.56.